The van der Waals surface area contributed by atoms with Crippen LogP contribution in [0.2, 0.25) is 0 Å². The van der Waals surface area contributed by atoms with E-state index in [0.717, 1.165) is 5.75 Å². The van der Waals surface area contributed by atoms with Gasteiger partial charge in [0.2, 0.25) is 0 Å². The largest absolute Gasteiger partial charge is 0.497 e. The zero-order valence-corrected chi connectivity index (χ0v) is 11.3. The number of nitrogens with one attached hydrogen (secondary N) is 1. The van der Waals surface area contributed by atoms with Crippen molar-refractivity contribution in [3.05, 3.63) is 24.3 Å². The number of rotatable bonds is 3. The number of methoxy groups -OCH3 is 1. The van der Waals surface area contributed by atoms with Crippen LogP contribution >= 0.6 is 7.75 Å². The maximum atomic E-state index is 12.2. The molecule has 7 heteroatoms. The smallest absolute Gasteiger partial charge is 0.432 e. The van der Waals surface area contributed by atoms with Crippen LogP contribution in [0, 0.1) is 0 Å². The second-order valence-electron chi connectivity index (χ2n) is 4.54. The molecule has 0 unspecified atom stereocenters. The van der Waals surface area contributed by atoms with E-state index in [1.807, 2.05) is 0 Å². The fourth-order valence-corrected chi connectivity index (χ4v) is 3.03. The Hall–Kier alpha value is -1.07. The van der Waals surface area contributed by atoms with Crippen molar-refractivity contribution in [3.8, 4) is 5.75 Å². The van der Waals surface area contributed by atoms with Crippen LogP contribution < -0.4 is 15.6 Å². The van der Waals surface area contributed by atoms with E-state index in [1.54, 1.807) is 38.3 Å². The van der Waals surface area contributed by atoms with Gasteiger partial charge in [-0.25, -0.2) is 4.57 Å². The van der Waals surface area contributed by atoms with Gasteiger partial charge >= 0.3 is 7.75 Å². The predicted molar refractivity (Wildman–Crippen MR) is 68.7 cm³/mol. The second kappa shape index (κ2) is 4.90. The molecule has 0 spiro atoms. The van der Waals surface area contributed by atoms with Crippen molar-refractivity contribution in [2.75, 3.05) is 25.4 Å². The highest BCUT2D eigenvalue weighted by molar-refractivity contribution is 7.55. The monoisotopic (exact) mass is 272 g/mol. The summed E-state index contributed by atoms with van der Waals surface area (Å²) in [7, 11) is -1.73. The average molecular weight is 272 g/mol. The van der Waals surface area contributed by atoms with E-state index in [0.29, 0.717) is 5.69 Å². The molecule has 0 aromatic heterocycles. The predicted octanol–water partition coefficient (Wildman–Crippen LogP) is 1.98. The van der Waals surface area contributed by atoms with Crippen LogP contribution in [0.15, 0.2) is 24.3 Å². The Bertz CT molecular complexity index is 447. The molecule has 1 saturated heterocycles. The first kappa shape index (κ1) is 13.4. The molecule has 0 bridgehead atoms. The Morgan fingerprint density at radius 3 is 2.39 bits per heavy atom. The quantitative estimate of drug-likeness (QED) is 0.819. The number of ether oxygens (including phenoxy) is 1. The first-order chi connectivity index (χ1) is 8.42. The van der Waals surface area contributed by atoms with Gasteiger partial charge < -0.3 is 10.5 Å². The Kier molecular flexibility index (Phi) is 3.64. The minimum Gasteiger partial charge on any atom is -0.497 e. The van der Waals surface area contributed by atoms with Gasteiger partial charge in [-0.2, -0.15) is 0 Å². The van der Waals surface area contributed by atoms with Crippen LogP contribution in [0.4, 0.5) is 5.69 Å². The van der Waals surface area contributed by atoms with Gasteiger partial charge in [0.05, 0.1) is 25.9 Å². The summed E-state index contributed by atoms with van der Waals surface area (Å²) < 4.78 is 27.7. The summed E-state index contributed by atoms with van der Waals surface area (Å²) in [6.07, 6.45) is 0. The normalized spacial score (nSPS) is 31.9. The number of hydrogen-bond acceptors (Lipinski definition) is 5. The van der Waals surface area contributed by atoms with E-state index in [2.05, 4.69) is 5.09 Å². The first-order valence-corrected chi connectivity index (χ1v) is 7.07. The van der Waals surface area contributed by atoms with E-state index in [1.165, 1.54) is 0 Å². The zero-order chi connectivity index (χ0) is 13.2. The lowest BCUT2D eigenvalue weighted by Gasteiger charge is -2.33. The number of hydrogen-bond donors (Lipinski definition) is 2. The summed E-state index contributed by atoms with van der Waals surface area (Å²) in [5, 5.41) is 2.75. The third-order valence-electron chi connectivity index (χ3n) is 2.48. The highest BCUT2D eigenvalue weighted by atomic mass is 31.2. The minimum absolute atomic E-state index is 0.188. The van der Waals surface area contributed by atoms with Crippen molar-refractivity contribution in [2.24, 2.45) is 5.73 Å². The van der Waals surface area contributed by atoms with E-state index in [9.17, 15) is 4.57 Å². The number of anilines is 1. The fraction of sp³-hybridized carbons (Fsp3) is 0.455. The molecule has 100 valence electrons. The van der Waals surface area contributed by atoms with Crippen LogP contribution in [0.5, 0.6) is 5.75 Å². The summed E-state index contributed by atoms with van der Waals surface area (Å²) in [6, 6.07) is 6.99. The van der Waals surface area contributed by atoms with E-state index >= 15 is 0 Å². The van der Waals surface area contributed by atoms with Crippen LogP contribution in [0.3, 0.4) is 0 Å². The third-order valence-corrected chi connectivity index (χ3v) is 3.95. The molecular formula is C11H17N2O4P. The number of benzene rings is 1. The lowest BCUT2D eigenvalue weighted by molar-refractivity contribution is 0.0836. The zero-order valence-electron chi connectivity index (χ0n) is 10.4. The van der Waals surface area contributed by atoms with Crippen LogP contribution in [0.25, 0.3) is 0 Å². The molecule has 2 rings (SSSR count). The van der Waals surface area contributed by atoms with Crippen molar-refractivity contribution < 1.29 is 18.3 Å². The summed E-state index contributed by atoms with van der Waals surface area (Å²) in [4.78, 5) is 0. The Morgan fingerprint density at radius 2 is 1.89 bits per heavy atom. The molecule has 3 N–H and O–H groups in total. The average Bonchev–Trinajstić information content (AvgIpc) is 2.35. The fourth-order valence-electron chi connectivity index (χ4n) is 1.43. The van der Waals surface area contributed by atoms with Crippen molar-refractivity contribution in [3.63, 3.8) is 0 Å². The highest BCUT2D eigenvalue weighted by Crippen LogP contribution is 2.51. The van der Waals surface area contributed by atoms with E-state index in [-0.39, 0.29) is 13.2 Å². The van der Waals surface area contributed by atoms with E-state index < -0.39 is 13.3 Å². The van der Waals surface area contributed by atoms with Gasteiger partial charge in [-0.15, -0.1) is 0 Å². The van der Waals surface area contributed by atoms with Crippen molar-refractivity contribution in [1.82, 2.24) is 0 Å². The van der Waals surface area contributed by atoms with Crippen LogP contribution in [-0.2, 0) is 13.6 Å². The molecule has 1 aliphatic heterocycles. The SMILES string of the molecule is COc1ccc(NP2(=O)OCC(C)(N)CO2)cc1. The first-order valence-electron chi connectivity index (χ1n) is 5.53. The van der Waals surface area contributed by atoms with Gasteiger partial charge in [0.15, 0.2) is 0 Å². The molecule has 6 nitrogen and oxygen atoms in total. The molecule has 0 amide bonds. The molecule has 0 saturated carbocycles. The highest BCUT2D eigenvalue weighted by Gasteiger charge is 2.37. The van der Waals surface area contributed by atoms with Crippen molar-refractivity contribution in [1.29, 1.82) is 0 Å². The molecular weight excluding hydrogens is 255 g/mol. The van der Waals surface area contributed by atoms with Gasteiger partial charge in [-0.3, -0.25) is 14.1 Å². The summed E-state index contributed by atoms with van der Waals surface area (Å²) in [6.45, 7) is 2.16. The summed E-state index contributed by atoms with van der Waals surface area (Å²) >= 11 is 0. The molecule has 0 radical (unpaired) electrons. The van der Waals surface area contributed by atoms with Crippen LogP contribution in [0.1, 0.15) is 6.92 Å². The molecule has 1 fully saturated rings. The van der Waals surface area contributed by atoms with Gasteiger partial charge in [0.1, 0.15) is 5.75 Å². The lowest BCUT2D eigenvalue weighted by atomic mass is 10.1. The Balaban J connectivity index is 2.02. The lowest BCUT2D eigenvalue weighted by Crippen LogP contribution is -2.48. The van der Waals surface area contributed by atoms with Gasteiger partial charge in [-0.1, -0.05) is 0 Å². The van der Waals surface area contributed by atoms with Crippen molar-refractivity contribution in [2.45, 2.75) is 12.5 Å². The molecule has 0 aliphatic carbocycles. The molecule has 1 aromatic carbocycles. The molecule has 18 heavy (non-hydrogen) atoms. The Morgan fingerprint density at radius 1 is 1.33 bits per heavy atom. The summed E-state index contributed by atoms with van der Waals surface area (Å²) in [5.41, 5.74) is 5.85. The molecule has 1 aliphatic rings. The molecule has 1 aromatic rings. The maximum Gasteiger partial charge on any atom is 0.432 e. The molecule has 0 atom stereocenters. The van der Waals surface area contributed by atoms with Crippen molar-refractivity contribution >= 4 is 13.4 Å². The molecule has 1 heterocycles. The van der Waals surface area contributed by atoms with Gasteiger partial charge in [-0.05, 0) is 31.2 Å². The standard InChI is InChI=1S/C11H17N2O4P/c1-11(12)7-16-18(14,17-8-11)13-9-3-5-10(15-2)6-4-9/h3-6H,7-8,12H2,1-2H3,(H,13,14). The maximum absolute atomic E-state index is 12.2. The van der Waals surface area contributed by atoms with Crippen LogP contribution in [-0.4, -0.2) is 25.9 Å². The van der Waals surface area contributed by atoms with Gasteiger partial charge in [0.25, 0.3) is 0 Å². The Labute approximate surface area is 106 Å². The number of nitrogens with two attached hydrogens (primary N) is 1. The van der Waals surface area contributed by atoms with E-state index in [4.69, 9.17) is 19.5 Å². The minimum atomic E-state index is -3.31. The summed E-state index contributed by atoms with van der Waals surface area (Å²) in [5.74, 6) is 0.721. The van der Waals surface area contributed by atoms with Gasteiger partial charge in [0, 0.05) is 5.69 Å². The topological polar surface area (TPSA) is 82.8 Å². The third kappa shape index (κ3) is 3.23. The second-order valence-corrected chi connectivity index (χ2v) is 6.27.